The van der Waals surface area contributed by atoms with Gasteiger partial charge >= 0.3 is 5.97 Å². The Morgan fingerprint density at radius 1 is 1.35 bits per heavy atom. The fourth-order valence-electron chi connectivity index (χ4n) is 1.51. The van der Waals surface area contributed by atoms with E-state index in [1.807, 2.05) is 0 Å². The van der Waals surface area contributed by atoms with E-state index in [9.17, 15) is 9.59 Å². The first-order valence-corrected chi connectivity index (χ1v) is 5.15. The zero-order chi connectivity index (χ0) is 13.0. The van der Waals surface area contributed by atoms with Gasteiger partial charge in [-0.2, -0.15) is 0 Å². The highest BCUT2D eigenvalue weighted by molar-refractivity contribution is 5.97. The Balaban J connectivity index is 2.98. The Labute approximate surface area is 99.3 Å². The van der Waals surface area contributed by atoms with E-state index in [1.165, 1.54) is 7.05 Å². The number of carboxylic acid groups (broad SMARTS) is 1. The average Bonchev–Trinajstić information content (AvgIpc) is 2.29. The summed E-state index contributed by atoms with van der Waals surface area (Å²) < 4.78 is 0. The van der Waals surface area contributed by atoms with Crippen molar-refractivity contribution in [3.8, 4) is 0 Å². The quantitative estimate of drug-likeness (QED) is 0.800. The SMILES string of the molecule is Cc1ccccc1C(=O)N(C)C(CO)C(=O)O. The van der Waals surface area contributed by atoms with Gasteiger partial charge in [-0.1, -0.05) is 18.2 Å². The first-order chi connectivity index (χ1) is 7.99. The molecule has 5 heteroatoms. The molecule has 0 aliphatic rings. The van der Waals surface area contributed by atoms with Crippen molar-refractivity contribution in [2.45, 2.75) is 13.0 Å². The highest BCUT2D eigenvalue weighted by atomic mass is 16.4. The van der Waals surface area contributed by atoms with E-state index in [0.717, 1.165) is 10.5 Å². The lowest BCUT2D eigenvalue weighted by atomic mass is 10.1. The van der Waals surface area contributed by atoms with Crippen LogP contribution in [0.2, 0.25) is 0 Å². The zero-order valence-corrected chi connectivity index (χ0v) is 9.75. The average molecular weight is 237 g/mol. The number of likely N-dealkylation sites (N-methyl/N-ethyl adjacent to an activating group) is 1. The lowest BCUT2D eigenvalue weighted by Gasteiger charge is -2.23. The van der Waals surface area contributed by atoms with Gasteiger partial charge in [-0.25, -0.2) is 4.79 Å². The molecule has 92 valence electrons. The number of carbonyl (C=O) groups is 2. The molecule has 1 unspecified atom stereocenters. The molecule has 0 bridgehead atoms. The van der Waals surface area contributed by atoms with Gasteiger partial charge in [-0.05, 0) is 18.6 Å². The van der Waals surface area contributed by atoms with Crippen LogP contribution in [0.25, 0.3) is 0 Å². The van der Waals surface area contributed by atoms with Gasteiger partial charge in [0.25, 0.3) is 5.91 Å². The second kappa shape index (κ2) is 5.45. The summed E-state index contributed by atoms with van der Waals surface area (Å²) in [7, 11) is 1.36. The van der Waals surface area contributed by atoms with Crippen LogP contribution < -0.4 is 0 Å². The van der Waals surface area contributed by atoms with E-state index in [2.05, 4.69) is 0 Å². The molecule has 1 rings (SSSR count). The van der Waals surface area contributed by atoms with Crippen molar-refractivity contribution in [1.29, 1.82) is 0 Å². The minimum absolute atomic E-state index is 0.412. The largest absolute Gasteiger partial charge is 0.480 e. The van der Waals surface area contributed by atoms with Crippen LogP contribution in [0.5, 0.6) is 0 Å². The van der Waals surface area contributed by atoms with Crippen LogP contribution in [0.3, 0.4) is 0 Å². The molecule has 1 aromatic rings. The van der Waals surface area contributed by atoms with Crippen LogP contribution in [-0.4, -0.2) is 46.7 Å². The van der Waals surface area contributed by atoms with Gasteiger partial charge in [0.15, 0.2) is 6.04 Å². The van der Waals surface area contributed by atoms with Gasteiger partial charge in [0.1, 0.15) is 0 Å². The number of rotatable bonds is 4. The minimum Gasteiger partial charge on any atom is -0.480 e. The number of aryl methyl sites for hydroxylation is 1. The number of hydrogen-bond donors (Lipinski definition) is 2. The first kappa shape index (κ1) is 13.2. The molecule has 0 spiro atoms. The molecule has 0 fully saturated rings. The first-order valence-electron chi connectivity index (χ1n) is 5.15. The Morgan fingerprint density at radius 3 is 2.41 bits per heavy atom. The summed E-state index contributed by atoms with van der Waals surface area (Å²) in [6.07, 6.45) is 0. The summed E-state index contributed by atoms with van der Waals surface area (Å²) in [5.74, 6) is -1.64. The van der Waals surface area contributed by atoms with Crippen molar-refractivity contribution >= 4 is 11.9 Å². The van der Waals surface area contributed by atoms with E-state index in [-0.39, 0.29) is 0 Å². The predicted octanol–water partition coefficient (Wildman–Crippen LogP) is 0.513. The van der Waals surface area contributed by atoms with Crippen molar-refractivity contribution in [3.63, 3.8) is 0 Å². The monoisotopic (exact) mass is 237 g/mol. The predicted molar refractivity (Wildman–Crippen MR) is 61.8 cm³/mol. The summed E-state index contributed by atoms with van der Waals surface area (Å²) in [6, 6.07) is 5.69. The maximum Gasteiger partial charge on any atom is 0.328 e. The molecule has 0 radical (unpaired) electrons. The Morgan fingerprint density at radius 2 is 1.94 bits per heavy atom. The highest BCUT2D eigenvalue weighted by Gasteiger charge is 2.26. The fraction of sp³-hybridized carbons (Fsp3) is 0.333. The van der Waals surface area contributed by atoms with Crippen LogP contribution in [0.1, 0.15) is 15.9 Å². The van der Waals surface area contributed by atoms with Crippen LogP contribution in [0.4, 0.5) is 0 Å². The summed E-state index contributed by atoms with van der Waals surface area (Å²) in [6.45, 7) is 1.17. The van der Waals surface area contributed by atoms with Crippen molar-refractivity contribution in [1.82, 2.24) is 4.90 Å². The van der Waals surface area contributed by atoms with E-state index < -0.39 is 24.5 Å². The van der Waals surface area contributed by atoms with Crippen LogP contribution in [0.15, 0.2) is 24.3 Å². The third-order valence-electron chi connectivity index (χ3n) is 2.62. The van der Waals surface area contributed by atoms with Gasteiger partial charge in [-0.3, -0.25) is 4.79 Å². The van der Waals surface area contributed by atoms with Crippen molar-refractivity contribution in [3.05, 3.63) is 35.4 Å². The smallest absolute Gasteiger partial charge is 0.328 e. The second-order valence-corrected chi connectivity index (χ2v) is 3.77. The number of nitrogens with zero attached hydrogens (tertiary/aromatic N) is 1. The number of amides is 1. The van der Waals surface area contributed by atoms with Crippen LogP contribution in [-0.2, 0) is 4.79 Å². The Bertz CT molecular complexity index is 430. The molecule has 0 aromatic heterocycles. The molecular weight excluding hydrogens is 222 g/mol. The molecule has 5 nitrogen and oxygen atoms in total. The topological polar surface area (TPSA) is 77.8 Å². The third-order valence-corrected chi connectivity index (χ3v) is 2.62. The van der Waals surface area contributed by atoms with E-state index in [4.69, 9.17) is 10.2 Å². The van der Waals surface area contributed by atoms with Crippen LogP contribution >= 0.6 is 0 Å². The normalized spacial score (nSPS) is 11.9. The number of hydrogen-bond acceptors (Lipinski definition) is 3. The highest BCUT2D eigenvalue weighted by Crippen LogP contribution is 2.11. The summed E-state index contributed by atoms with van der Waals surface area (Å²) in [5, 5.41) is 17.8. The van der Waals surface area contributed by atoms with Crippen molar-refractivity contribution < 1.29 is 19.8 Å². The van der Waals surface area contributed by atoms with Gasteiger partial charge in [0.05, 0.1) is 6.61 Å². The maximum atomic E-state index is 12.0. The molecule has 0 aliphatic carbocycles. The molecule has 1 atom stereocenters. The number of aliphatic hydroxyl groups is 1. The maximum absolute atomic E-state index is 12.0. The molecule has 17 heavy (non-hydrogen) atoms. The second-order valence-electron chi connectivity index (χ2n) is 3.77. The fourth-order valence-corrected chi connectivity index (χ4v) is 1.51. The summed E-state index contributed by atoms with van der Waals surface area (Å²) in [4.78, 5) is 23.9. The van der Waals surface area contributed by atoms with Gasteiger partial charge < -0.3 is 15.1 Å². The Kier molecular flexibility index (Phi) is 4.23. The third kappa shape index (κ3) is 2.82. The molecule has 2 N–H and O–H groups in total. The lowest BCUT2D eigenvalue weighted by molar-refractivity contribution is -0.143. The van der Waals surface area contributed by atoms with Gasteiger partial charge in [-0.15, -0.1) is 0 Å². The summed E-state index contributed by atoms with van der Waals surface area (Å²) in [5.41, 5.74) is 1.21. The molecule has 1 amide bonds. The lowest BCUT2D eigenvalue weighted by Crippen LogP contribution is -2.44. The number of benzene rings is 1. The van der Waals surface area contributed by atoms with Gasteiger partial charge in [0.2, 0.25) is 0 Å². The molecule has 0 heterocycles. The van der Waals surface area contributed by atoms with Crippen LogP contribution in [0, 0.1) is 6.92 Å². The molecule has 1 aromatic carbocycles. The van der Waals surface area contributed by atoms with Gasteiger partial charge in [0, 0.05) is 12.6 Å². The number of aliphatic carboxylic acids is 1. The number of aliphatic hydroxyl groups excluding tert-OH is 1. The number of carboxylic acids is 1. The van der Waals surface area contributed by atoms with Crippen molar-refractivity contribution in [2.75, 3.05) is 13.7 Å². The standard InChI is InChI=1S/C12H15NO4/c1-8-5-3-4-6-9(8)11(15)13(2)10(7-14)12(16)17/h3-6,10,14H,7H2,1-2H3,(H,16,17). The minimum atomic E-state index is -1.23. The molecule has 0 aliphatic heterocycles. The molecular formula is C12H15NO4. The molecule has 0 saturated carbocycles. The number of carbonyl (C=O) groups excluding carboxylic acids is 1. The van der Waals surface area contributed by atoms with E-state index in [0.29, 0.717) is 5.56 Å². The Hall–Kier alpha value is -1.88. The van der Waals surface area contributed by atoms with Crippen molar-refractivity contribution in [2.24, 2.45) is 0 Å². The molecule has 0 saturated heterocycles. The zero-order valence-electron chi connectivity index (χ0n) is 9.75. The van der Waals surface area contributed by atoms with E-state index in [1.54, 1.807) is 31.2 Å². The summed E-state index contributed by atoms with van der Waals surface area (Å²) >= 11 is 0. The van der Waals surface area contributed by atoms with E-state index >= 15 is 0 Å².